The second kappa shape index (κ2) is 3.00. The Kier molecular flexibility index (Phi) is 2.05. The first-order chi connectivity index (χ1) is 5.26. The molecule has 0 atom stereocenters. The minimum Gasteiger partial charge on any atom is -0.467 e. The molecule has 11 heavy (non-hydrogen) atoms. The fraction of sp³-hybridized carbons (Fsp3) is 0.400. The maximum absolute atomic E-state index is 10.6. The number of rotatable bonds is 2. The number of hydrogen-bond acceptors (Lipinski definition) is 5. The van der Waals surface area contributed by atoms with E-state index in [1.54, 1.807) is 0 Å². The molecule has 0 fully saturated rings. The molecule has 0 amide bonds. The first-order valence-corrected chi connectivity index (χ1v) is 2.77. The lowest BCUT2D eigenvalue weighted by molar-refractivity contribution is 0.278. The number of aromatic nitrogens is 3. The molecule has 0 aromatic carbocycles. The van der Waals surface area contributed by atoms with Crippen LogP contribution in [0.1, 0.15) is 0 Å². The molecule has 0 aliphatic carbocycles. The van der Waals surface area contributed by atoms with E-state index >= 15 is 0 Å². The second-order valence-corrected chi connectivity index (χ2v) is 1.59. The van der Waals surface area contributed by atoms with E-state index in [2.05, 4.69) is 24.4 Å². The number of hydrogen-bond donors (Lipinski definition) is 0. The van der Waals surface area contributed by atoms with E-state index in [1.165, 1.54) is 14.2 Å². The van der Waals surface area contributed by atoms with E-state index in [-0.39, 0.29) is 12.0 Å². The number of methoxy groups -OCH3 is 2. The van der Waals surface area contributed by atoms with E-state index in [0.717, 1.165) is 0 Å². The normalized spacial score (nSPS) is 9.27. The van der Waals surface area contributed by atoms with Crippen LogP contribution in [0.15, 0.2) is 0 Å². The van der Waals surface area contributed by atoms with Crippen LogP contribution < -0.4 is 9.47 Å². The second-order valence-electron chi connectivity index (χ2n) is 1.59. The Morgan fingerprint density at radius 2 is 1.45 bits per heavy atom. The molecule has 0 N–H and O–H groups in total. The SMILES string of the molecule is COc1nc([O])nc(OC)n1. The monoisotopic (exact) mass is 156 g/mol. The van der Waals surface area contributed by atoms with Crippen molar-refractivity contribution in [3.8, 4) is 18.0 Å². The van der Waals surface area contributed by atoms with Crippen molar-refractivity contribution < 1.29 is 14.6 Å². The Hall–Kier alpha value is -1.59. The third-order valence-corrected chi connectivity index (χ3v) is 0.939. The van der Waals surface area contributed by atoms with Crippen molar-refractivity contribution in [3.05, 3.63) is 0 Å². The molecule has 0 saturated heterocycles. The highest BCUT2D eigenvalue weighted by molar-refractivity contribution is 5.06. The molecule has 0 aliphatic rings. The van der Waals surface area contributed by atoms with Crippen LogP contribution >= 0.6 is 0 Å². The van der Waals surface area contributed by atoms with E-state index in [1.807, 2.05) is 0 Å². The van der Waals surface area contributed by atoms with Gasteiger partial charge in [0.1, 0.15) is 0 Å². The summed E-state index contributed by atoms with van der Waals surface area (Å²) in [5.74, 6) is 0. The first-order valence-electron chi connectivity index (χ1n) is 2.77. The Morgan fingerprint density at radius 3 is 1.82 bits per heavy atom. The standard InChI is InChI=1S/C5H6N3O3/c1-10-4-6-3(9)7-5(8-4)11-2/h1-2H3. The summed E-state index contributed by atoms with van der Waals surface area (Å²) in [4.78, 5) is 10.2. The van der Waals surface area contributed by atoms with Crippen LogP contribution in [0.4, 0.5) is 0 Å². The van der Waals surface area contributed by atoms with Gasteiger partial charge >= 0.3 is 18.0 Å². The van der Waals surface area contributed by atoms with Gasteiger partial charge in [0.05, 0.1) is 14.2 Å². The summed E-state index contributed by atoms with van der Waals surface area (Å²) in [6.45, 7) is 0. The zero-order chi connectivity index (χ0) is 8.27. The predicted octanol–water partition coefficient (Wildman–Crippen LogP) is 0.0326. The van der Waals surface area contributed by atoms with Crippen molar-refractivity contribution in [1.82, 2.24) is 15.0 Å². The van der Waals surface area contributed by atoms with Gasteiger partial charge in [-0.2, -0.15) is 0 Å². The minimum atomic E-state index is -0.673. The summed E-state index contributed by atoms with van der Waals surface area (Å²) < 4.78 is 9.19. The smallest absolute Gasteiger partial charge is 0.376 e. The van der Waals surface area contributed by atoms with Gasteiger partial charge in [0.25, 0.3) is 0 Å². The van der Waals surface area contributed by atoms with Crippen molar-refractivity contribution >= 4 is 0 Å². The summed E-state index contributed by atoms with van der Waals surface area (Å²) >= 11 is 0. The van der Waals surface area contributed by atoms with Crippen molar-refractivity contribution in [3.63, 3.8) is 0 Å². The van der Waals surface area contributed by atoms with Crippen LogP contribution in [0.25, 0.3) is 0 Å². The fourth-order valence-corrected chi connectivity index (χ4v) is 0.503. The van der Waals surface area contributed by atoms with Gasteiger partial charge in [-0.15, -0.1) is 15.0 Å². The Balaban J connectivity index is 3.02. The van der Waals surface area contributed by atoms with Gasteiger partial charge in [0.15, 0.2) is 0 Å². The van der Waals surface area contributed by atoms with Crippen molar-refractivity contribution in [2.45, 2.75) is 0 Å². The van der Waals surface area contributed by atoms with E-state index in [0.29, 0.717) is 0 Å². The maximum atomic E-state index is 10.6. The molecule has 1 aromatic heterocycles. The molecule has 6 nitrogen and oxygen atoms in total. The van der Waals surface area contributed by atoms with Crippen LogP contribution in [-0.2, 0) is 5.11 Å². The van der Waals surface area contributed by atoms with Gasteiger partial charge in [-0.05, 0) is 0 Å². The van der Waals surface area contributed by atoms with Crippen molar-refractivity contribution in [2.24, 2.45) is 0 Å². The molecule has 1 heterocycles. The van der Waals surface area contributed by atoms with Gasteiger partial charge in [-0.1, -0.05) is 0 Å². The molecule has 0 bridgehead atoms. The van der Waals surface area contributed by atoms with Gasteiger partial charge in [0.2, 0.25) is 0 Å². The molecule has 0 saturated carbocycles. The first kappa shape index (κ1) is 7.52. The van der Waals surface area contributed by atoms with Crippen LogP contribution in [0.5, 0.6) is 18.0 Å². The van der Waals surface area contributed by atoms with Gasteiger partial charge < -0.3 is 9.47 Å². The summed E-state index contributed by atoms with van der Waals surface area (Å²) in [6, 6.07) is -0.752. The summed E-state index contributed by atoms with van der Waals surface area (Å²) in [6.07, 6.45) is 0. The average molecular weight is 156 g/mol. The van der Waals surface area contributed by atoms with Crippen LogP contribution in [0.3, 0.4) is 0 Å². The molecule has 0 unspecified atom stereocenters. The topological polar surface area (TPSA) is 77.0 Å². The summed E-state index contributed by atoms with van der Waals surface area (Å²) in [7, 11) is 2.71. The summed E-state index contributed by atoms with van der Waals surface area (Å²) in [5.41, 5.74) is 0. The zero-order valence-corrected chi connectivity index (χ0v) is 6.07. The number of ether oxygens (including phenoxy) is 2. The highest BCUT2D eigenvalue weighted by atomic mass is 16.5. The van der Waals surface area contributed by atoms with E-state index < -0.39 is 6.01 Å². The van der Waals surface area contributed by atoms with Gasteiger partial charge in [-0.25, -0.2) is 5.11 Å². The molecular formula is C5H6N3O3. The highest BCUT2D eigenvalue weighted by Gasteiger charge is 2.05. The minimum absolute atomic E-state index is 0.0400. The fourth-order valence-electron chi connectivity index (χ4n) is 0.503. The molecular weight excluding hydrogens is 150 g/mol. The lowest BCUT2D eigenvalue weighted by Crippen LogP contribution is -1.97. The van der Waals surface area contributed by atoms with Crippen LogP contribution in [-0.4, -0.2) is 29.2 Å². The number of nitrogens with zero attached hydrogens (tertiary/aromatic N) is 3. The van der Waals surface area contributed by atoms with Crippen LogP contribution in [0, 0.1) is 0 Å². The zero-order valence-electron chi connectivity index (χ0n) is 6.07. The van der Waals surface area contributed by atoms with E-state index in [9.17, 15) is 5.11 Å². The van der Waals surface area contributed by atoms with Crippen molar-refractivity contribution in [2.75, 3.05) is 14.2 Å². The molecule has 0 spiro atoms. The highest BCUT2D eigenvalue weighted by Crippen LogP contribution is 2.11. The predicted molar refractivity (Wildman–Crippen MR) is 33.1 cm³/mol. The molecule has 1 radical (unpaired) electrons. The molecule has 59 valence electrons. The molecule has 0 aliphatic heterocycles. The largest absolute Gasteiger partial charge is 0.467 e. The van der Waals surface area contributed by atoms with Gasteiger partial charge in [0, 0.05) is 0 Å². The Morgan fingerprint density at radius 1 is 1.00 bits per heavy atom. The molecule has 1 aromatic rings. The Bertz CT molecular complexity index is 230. The summed E-state index contributed by atoms with van der Waals surface area (Å²) in [5, 5.41) is 10.6. The third kappa shape index (κ3) is 1.66. The average Bonchev–Trinajstić information content (AvgIpc) is 2.03. The quantitative estimate of drug-likeness (QED) is 0.603. The Labute approximate surface area is 62.8 Å². The van der Waals surface area contributed by atoms with E-state index in [4.69, 9.17) is 0 Å². The van der Waals surface area contributed by atoms with Crippen LogP contribution in [0.2, 0.25) is 0 Å². The molecule has 1 rings (SSSR count). The lowest BCUT2D eigenvalue weighted by atomic mass is 10.9. The van der Waals surface area contributed by atoms with Crippen molar-refractivity contribution in [1.29, 1.82) is 0 Å². The maximum Gasteiger partial charge on any atom is 0.376 e. The lowest BCUT2D eigenvalue weighted by Gasteiger charge is -1.98. The molecule has 6 heteroatoms. The van der Waals surface area contributed by atoms with Gasteiger partial charge in [-0.3, -0.25) is 0 Å². The third-order valence-electron chi connectivity index (χ3n) is 0.939.